The average Bonchev–Trinajstić information content (AvgIpc) is 2.41. The molecule has 2 nitrogen and oxygen atoms in total. The Morgan fingerprint density at radius 2 is 1.70 bits per heavy atom. The van der Waals surface area contributed by atoms with Crippen molar-refractivity contribution < 1.29 is 4.74 Å². The molecular weight excluding hydrogens is 361 g/mol. The minimum atomic E-state index is 0.200. The van der Waals surface area contributed by atoms with Gasteiger partial charge in [0.05, 0.1) is 13.2 Å². The molecular formula is C17H20INO. The van der Waals surface area contributed by atoms with Crippen LogP contribution in [0.3, 0.4) is 0 Å². The van der Waals surface area contributed by atoms with Crippen LogP contribution in [0.5, 0.6) is 5.75 Å². The number of hydrogen-bond donors (Lipinski definition) is 1. The fraction of sp³-hybridized carbons (Fsp3) is 0.294. The number of nitrogens with one attached hydrogen (secondary N) is 1. The van der Waals surface area contributed by atoms with Gasteiger partial charge in [0.1, 0.15) is 5.75 Å². The van der Waals surface area contributed by atoms with Gasteiger partial charge in [0.2, 0.25) is 0 Å². The summed E-state index contributed by atoms with van der Waals surface area (Å²) in [5, 5.41) is 3.42. The smallest absolute Gasteiger partial charge is 0.124 e. The molecule has 0 heterocycles. The van der Waals surface area contributed by atoms with Crippen LogP contribution in [0, 0.1) is 17.4 Å². The highest BCUT2D eigenvalue weighted by atomic mass is 127. The molecule has 0 saturated heterocycles. The highest BCUT2D eigenvalue weighted by molar-refractivity contribution is 14.1. The summed E-state index contributed by atoms with van der Waals surface area (Å²) >= 11 is 2.39. The summed E-state index contributed by atoms with van der Waals surface area (Å²) in [6.45, 7) is 4.19. The Labute approximate surface area is 134 Å². The maximum atomic E-state index is 5.45. The second kappa shape index (κ2) is 6.59. The van der Waals surface area contributed by atoms with E-state index < -0.39 is 0 Å². The summed E-state index contributed by atoms with van der Waals surface area (Å²) in [5.74, 6) is 0.978. The molecule has 1 N–H and O–H groups in total. The van der Waals surface area contributed by atoms with Crippen molar-refractivity contribution in [1.82, 2.24) is 5.32 Å². The van der Waals surface area contributed by atoms with E-state index in [-0.39, 0.29) is 6.04 Å². The zero-order valence-electron chi connectivity index (χ0n) is 12.3. The third-order valence-corrected chi connectivity index (χ3v) is 4.51. The van der Waals surface area contributed by atoms with Gasteiger partial charge in [-0.2, -0.15) is 0 Å². The van der Waals surface area contributed by atoms with E-state index in [1.807, 2.05) is 7.05 Å². The quantitative estimate of drug-likeness (QED) is 0.801. The van der Waals surface area contributed by atoms with Crippen molar-refractivity contribution >= 4 is 22.6 Å². The van der Waals surface area contributed by atoms with E-state index >= 15 is 0 Å². The summed E-state index contributed by atoms with van der Waals surface area (Å²) in [4.78, 5) is 0. The van der Waals surface area contributed by atoms with Crippen molar-refractivity contribution in [2.45, 2.75) is 19.9 Å². The van der Waals surface area contributed by atoms with Gasteiger partial charge >= 0.3 is 0 Å². The molecule has 0 amide bonds. The first-order valence-corrected chi connectivity index (χ1v) is 7.73. The average molecular weight is 381 g/mol. The van der Waals surface area contributed by atoms with Gasteiger partial charge < -0.3 is 10.1 Å². The van der Waals surface area contributed by atoms with Gasteiger partial charge in [0.15, 0.2) is 0 Å². The van der Waals surface area contributed by atoms with Crippen LogP contribution in [0.15, 0.2) is 36.4 Å². The lowest BCUT2D eigenvalue weighted by Gasteiger charge is -2.21. The minimum absolute atomic E-state index is 0.200. The lowest BCUT2D eigenvalue weighted by molar-refractivity contribution is 0.408. The third-order valence-electron chi connectivity index (χ3n) is 3.53. The Balaban J connectivity index is 2.51. The molecule has 3 heteroatoms. The van der Waals surface area contributed by atoms with E-state index in [0.29, 0.717) is 0 Å². The van der Waals surface area contributed by atoms with E-state index in [1.165, 1.54) is 25.8 Å². The van der Waals surface area contributed by atoms with Gasteiger partial charge in [-0.25, -0.2) is 0 Å². The molecule has 106 valence electrons. The Bertz CT molecular complexity index is 587. The van der Waals surface area contributed by atoms with Crippen molar-refractivity contribution in [1.29, 1.82) is 0 Å². The lowest BCUT2D eigenvalue weighted by atomic mass is 9.95. The van der Waals surface area contributed by atoms with Crippen LogP contribution in [0.2, 0.25) is 0 Å². The fourth-order valence-corrected chi connectivity index (χ4v) is 3.38. The molecule has 2 rings (SSSR count). The predicted molar refractivity (Wildman–Crippen MR) is 92.5 cm³/mol. The maximum absolute atomic E-state index is 5.45. The molecule has 2 aromatic rings. The fourth-order valence-electron chi connectivity index (χ4n) is 2.68. The molecule has 0 aliphatic heterocycles. The Morgan fingerprint density at radius 3 is 2.20 bits per heavy atom. The number of ether oxygens (including phenoxy) is 1. The monoisotopic (exact) mass is 381 g/mol. The molecule has 20 heavy (non-hydrogen) atoms. The van der Waals surface area contributed by atoms with Gasteiger partial charge in [-0.05, 0) is 71.8 Å². The van der Waals surface area contributed by atoms with Crippen LogP contribution in [0.1, 0.15) is 28.3 Å². The highest BCUT2D eigenvalue weighted by Gasteiger charge is 2.16. The zero-order valence-corrected chi connectivity index (χ0v) is 14.5. The van der Waals surface area contributed by atoms with Crippen LogP contribution >= 0.6 is 22.6 Å². The topological polar surface area (TPSA) is 21.3 Å². The molecule has 0 aliphatic rings. The minimum Gasteiger partial charge on any atom is -0.496 e. The lowest BCUT2D eigenvalue weighted by Crippen LogP contribution is -2.19. The Kier molecular flexibility index (Phi) is 5.05. The van der Waals surface area contributed by atoms with Crippen LogP contribution in [-0.2, 0) is 0 Å². The Morgan fingerprint density at radius 1 is 1.10 bits per heavy atom. The summed E-state index contributed by atoms with van der Waals surface area (Å²) in [5.41, 5.74) is 4.93. The molecule has 0 aromatic heterocycles. The van der Waals surface area contributed by atoms with E-state index in [9.17, 15) is 0 Å². The second-order valence-corrected chi connectivity index (χ2v) is 6.09. The molecule has 1 atom stereocenters. The number of hydrogen-bond acceptors (Lipinski definition) is 2. The Hall–Kier alpha value is -1.07. The summed E-state index contributed by atoms with van der Waals surface area (Å²) in [6.07, 6.45) is 0. The zero-order chi connectivity index (χ0) is 14.7. The van der Waals surface area contributed by atoms with Crippen molar-refractivity contribution in [2.24, 2.45) is 0 Å². The van der Waals surface area contributed by atoms with Crippen molar-refractivity contribution in [3.63, 3.8) is 0 Å². The summed E-state index contributed by atoms with van der Waals surface area (Å²) in [7, 11) is 3.73. The second-order valence-electron chi connectivity index (χ2n) is 4.93. The molecule has 0 spiro atoms. The van der Waals surface area contributed by atoms with Crippen LogP contribution in [-0.4, -0.2) is 14.2 Å². The summed E-state index contributed by atoms with van der Waals surface area (Å²) < 4.78 is 6.73. The van der Waals surface area contributed by atoms with Crippen LogP contribution < -0.4 is 10.1 Å². The van der Waals surface area contributed by atoms with Crippen LogP contribution in [0.25, 0.3) is 0 Å². The van der Waals surface area contributed by atoms with Gasteiger partial charge in [0.25, 0.3) is 0 Å². The van der Waals surface area contributed by atoms with Gasteiger partial charge in [-0.15, -0.1) is 0 Å². The molecule has 0 radical (unpaired) electrons. The first kappa shape index (κ1) is 15.3. The van der Waals surface area contributed by atoms with E-state index in [0.717, 1.165) is 5.75 Å². The number of halogens is 1. The van der Waals surface area contributed by atoms with E-state index in [1.54, 1.807) is 7.11 Å². The maximum Gasteiger partial charge on any atom is 0.124 e. The van der Waals surface area contributed by atoms with Crippen molar-refractivity contribution in [3.05, 3.63) is 62.2 Å². The van der Waals surface area contributed by atoms with Crippen molar-refractivity contribution in [3.8, 4) is 5.75 Å². The SMILES string of the molecule is CNC(c1cc(C)c(OC)c(C)c1)c1ccccc1I. The molecule has 2 aromatic carbocycles. The highest BCUT2D eigenvalue weighted by Crippen LogP contribution is 2.31. The molecule has 0 fully saturated rings. The van der Waals surface area contributed by atoms with Crippen LogP contribution in [0.4, 0.5) is 0 Å². The molecule has 1 unspecified atom stereocenters. The van der Waals surface area contributed by atoms with E-state index in [4.69, 9.17) is 4.74 Å². The first-order valence-electron chi connectivity index (χ1n) is 6.65. The third kappa shape index (κ3) is 2.99. The standard InChI is InChI=1S/C17H20INO/c1-11-9-13(10-12(2)17(11)20-4)16(19-3)14-7-5-6-8-15(14)18/h5-10,16,19H,1-4H3. The van der Waals surface area contributed by atoms with Crippen molar-refractivity contribution in [2.75, 3.05) is 14.2 Å². The molecule has 0 bridgehead atoms. The first-order chi connectivity index (χ1) is 9.58. The number of rotatable bonds is 4. The number of aryl methyl sites for hydroxylation is 2. The van der Waals surface area contributed by atoms with Gasteiger partial charge in [0, 0.05) is 3.57 Å². The van der Waals surface area contributed by atoms with Gasteiger partial charge in [-0.3, -0.25) is 0 Å². The summed E-state index contributed by atoms with van der Waals surface area (Å²) in [6, 6.07) is 13.1. The molecule has 0 saturated carbocycles. The number of benzene rings is 2. The van der Waals surface area contributed by atoms with Gasteiger partial charge in [-0.1, -0.05) is 30.3 Å². The van der Waals surface area contributed by atoms with E-state index in [2.05, 4.69) is 78.2 Å². The largest absolute Gasteiger partial charge is 0.496 e. The number of methoxy groups -OCH3 is 1. The molecule has 0 aliphatic carbocycles. The normalized spacial score (nSPS) is 12.2. The predicted octanol–water partition coefficient (Wildman–Crippen LogP) is 4.23.